The average molecular weight is 393 g/mol. The average Bonchev–Trinajstić information content (AvgIpc) is 2.76. The van der Waals surface area contributed by atoms with Crippen molar-refractivity contribution in [2.24, 2.45) is 0 Å². The molecule has 0 bridgehead atoms. The predicted octanol–water partition coefficient (Wildman–Crippen LogP) is 3.13. The van der Waals surface area contributed by atoms with Crippen molar-refractivity contribution in [3.8, 4) is 11.5 Å². The van der Waals surface area contributed by atoms with Crippen LogP contribution >= 0.6 is 0 Å². The summed E-state index contributed by atoms with van der Waals surface area (Å²) in [7, 11) is 1.61. The van der Waals surface area contributed by atoms with Gasteiger partial charge in [0.05, 0.1) is 7.11 Å². The molecular weight excluding hydrogens is 370 g/mol. The Morgan fingerprint density at radius 1 is 0.897 bits per heavy atom. The summed E-state index contributed by atoms with van der Waals surface area (Å²) in [5.74, 6) is 0.387. The minimum atomic E-state index is -0.599. The number of amides is 1. The summed E-state index contributed by atoms with van der Waals surface area (Å²) < 4.78 is 15.7. The first-order chi connectivity index (χ1) is 14.2. The fourth-order valence-electron chi connectivity index (χ4n) is 2.88. The van der Waals surface area contributed by atoms with E-state index in [1.807, 2.05) is 60.7 Å². The van der Waals surface area contributed by atoms with E-state index in [0.29, 0.717) is 18.7 Å². The number of hydrogen-bond donors (Lipinski definition) is 1. The van der Waals surface area contributed by atoms with Gasteiger partial charge in [-0.3, -0.25) is 4.79 Å². The molecule has 150 valence electrons. The highest BCUT2D eigenvalue weighted by atomic mass is 16.6. The van der Waals surface area contributed by atoms with Crippen molar-refractivity contribution in [2.45, 2.75) is 6.42 Å². The highest BCUT2D eigenvalue weighted by Gasteiger charge is 2.09. The maximum Gasteiger partial charge on any atom is 0.344 e. The van der Waals surface area contributed by atoms with E-state index >= 15 is 0 Å². The molecule has 0 saturated heterocycles. The van der Waals surface area contributed by atoms with Crippen LogP contribution in [0.2, 0.25) is 0 Å². The standard InChI is InChI=1S/C23H23NO5/c1-27-21-9-5-4-7-18(21)12-13-24-22(25)15-29-23(26)16-28-20-11-10-17-6-2-3-8-19(17)14-20/h2-11,14H,12-13,15-16H2,1H3,(H,24,25). The van der Waals surface area contributed by atoms with Crippen molar-refractivity contribution in [1.82, 2.24) is 5.32 Å². The van der Waals surface area contributed by atoms with Crippen LogP contribution in [0.5, 0.6) is 11.5 Å². The summed E-state index contributed by atoms with van der Waals surface area (Å²) in [6, 6.07) is 21.0. The second kappa shape index (κ2) is 10.1. The van der Waals surface area contributed by atoms with Gasteiger partial charge in [0, 0.05) is 6.54 Å². The lowest BCUT2D eigenvalue weighted by molar-refractivity contribution is -0.150. The second-order valence-electron chi connectivity index (χ2n) is 6.37. The molecule has 0 fully saturated rings. The SMILES string of the molecule is COc1ccccc1CCNC(=O)COC(=O)COc1ccc2ccccc2c1. The first kappa shape index (κ1) is 20.2. The van der Waals surface area contributed by atoms with E-state index in [4.69, 9.17) is 14.2 Å². The van der Waals surface area contributed by atoms with Crippen LogP contribution < -0.4 is 14.8 Å². The van der Waals surface area contributed by atoms with E-state index in [-0.39, 0.29) is 19.1 Å². The molecule has 1 amide bonds. The van der Waals surface area contributed by atoms with Gasteiger partial charge in [0.1, 0.15) is 11.5 Å². The number of carbonyl (C=O) groups is 2. The van der Waals surface area contributed by atoms with E-state index < -0.39 is 5.97 Å². The Morgan fingerprint density at radius 2 is 1.66 bits per heavy atom. The first-order valence-corrected chi connectivity index (χ1v) is 9.31. The van der Waals surface area contributed by atoms with Gasteiger partial charge in [0.15, 0.2) is 13.2 Å². The Kier molecular flexibility index (Phi) is 7.05. The fourth-order valence-corrected chi connectivity index (χ4v) is 2.88. The molecule has 0 radical (unpaired) electrons. The van der Waals surface area contributed by atoms with Gasteiger partial charge < -0.3 is 19.5 Å². The molecule has 6 heteroatoms. The number of esters is 1. The maximum absolute atomic E-state index is 11.9. The summed E-state index contributed by atoms with van der Waals surface area (Å²) in [5, 5.41) is 4.83. The van der Waals surface area contributed by atoms with Crippen molar-refractivity contribution >= 4 is 22.6 Å². The van der Waals surface area contributed by atoms with E-state index in [0.717, 1.165) is 22.1 Å². The predicted molar refractivity (Wildman–Crippen MR) is 110 cm³/mol. The number of ether oxygens (including phenoxy) is 3. The molecule has 3 aromatic carbocycles. The smallest absolute Gasteiger partial charge is 0.344 e. The summed E-state index contributed by atoms with van der Waals surface area (Å²) in [4.78, 5) is 23.7. The van der Waals surface area contributed by atoms with Gasteiger partial charge in [0.2, 0.25) is 0 Å². The second-order valence-corrected chi connectivity index (χ2v) is 6.37. The van der Waals surface area contributed by atoms with Crippen molar-refractivity contribution < 1.29 is 23.8 Å². The molecule has 0 spiro atoms. The van der Waals surface area contributed by atoms with Gasteiger partial charge in [-0.2, -0.15) is 0 Å². The van der Waals surface area contributed by atoms with Crippen LogP contribution in [0.3, 0.4) is 0 Å². The maximum atomic E-state index is 11.9. The quantitative estimate of drug-likeness (QED) is 0.566. The third-order valence-corrected chi connectivity index (χ3v) is 4.35. The van der Waals surface area contributed by atoms with Crippen LogP contribution in [-0.2, 0) is 20.7 Å². The zero-order valence-corrected chi connectivity index (χ0v) is 16.2. The molecule has 0 unspecified atom stereocenters. The molecule has 0 aliphatic rings. The molecule has 0 aliphatic carbocycles. The molecule has 1 N–H and O–H groups in total. The Labute approximate surface area is 169 Å². The third kappa shape index (κ3) is 5.97. The zero-order valence-electron chi connectivity index (χ0n) is 16.2. The molecule has 0 atom stereocenters. The third-order valence-electron chi connectivity index (χ3n) is 4.35. The van der Waals surface area contributed by atoms with Crippen molar-refractivity contribution in [2.75, 3.05) is 26.9 Å². The lowest BCUT2D eigenvalue weighted by Crippen LogP contribution is -2.31. The molecule has 29 heavy (non-hydrogen) atoms. The number of methoxy groups -OCH3 is 1. The van der Waals surface area contributed by atoms with Crippen LogP contribution in [0, 0.1) is 0 Å². The van der Waals surface area contributed by atoms with Crippen LogP contribution in [0.15, 0.2) is 66.7 Å². The van der Waals surface area contributed by atoms with Crippen molar-refractivity contribution in [3.63, 3.8) is 0 Å². The number of rotatable bonds is 9. The largest absolute Gasteiger partial charge is 0.496 e. The van der Waals surface area contributed by atoms with E-state index in [9.17, 15) is 9.59 Å². The number of fused-ring (bicyclic) bond motifs is 1. The van der Waals surface area contributed by atoms with Gasteiger partial charge in [-0.1, -0.05) is 48.5 Å². The van der Waals surface area contributed by atoms with Crippen LogP contribution in [0.1, 0.15) is 5.56 Å². The number of hydrogen-bond acceptors (Lipinski definition) is 5. The lowest BCUT2D eigenvalue weighted by Gasteiger charge is -2.10. The number of benzene rings is 3. The Morgan fingerprint density at radius 3 is 2.48 bits per heavy atom. The molecule has 0 aromatic heterocycles. The minimum Gasteiger partial charge on any atom is -0.496 e. The van der Waals surface area contributed by atoms with Crippen molar-refractivity contribution in [1.29, 1.82) is 0 Å². The highest BCUT2D eigenvalue weighted by molar-refractivity contribution is 5.84. The van der Waals surface area contributed by atoms with Gasteiger partial charge in [-0.05, 0) is 41.0 Å². The van der Waals surface area contributed by atoms with Crippen molar-refractivity contribution in [3.05, 3.63) is 72.3 Å². The molecule has 0 aliphatic heterocycles. The summed E-state index contributed by atoms with van der Waals surface area (Å²) >= 11 is 0. The number of nitrogens with one attached hydrogen (secondary N) is 1. The fraction of sp³-hybridized carbons (Fsp3) is 0.217. The molecule has 3 rings (SSSR count). The number of para-hydroxylation sites is 1. The topological polar surface area (TPSA) is 73.9 Å². The monoisotopic (exact) mass is 393 g/mol. The Bertz CT molecular complexity index is 986. The molecular formula is C23H23NO5. The summed E-state index contributed by atoms with van der Waals surface area (Å²) in [6.07, 6.45) is 0.620. The zero-order chi connectivity index (χ0) is 20.5. The molecule has 0 saturated carbocycles. The van der Waals surface area contributed by atoms with Crippen LogP contribution in [0.25, 0.3) is 10.8 Å². The molecule has 3 aromatic rings. The molecule has 0 heterocycles. The van der Waals surface area contributed by atoms with Crippen LogP contribution in [-0.4, -0.2) is 38.7 Å². The summed E-state index contributed by atoms with van der Waals surface area (Å²) in [6.45, 7) is -0.178. The van der Waals surface area contributed by atoms with Gasteiger partial charge in [0.25, 0.3) is 5.91 Å². The van der Waals surface area contributed by atoms with Crippen LogP contribution in [0.4, 0.5) is 0 Å². The van der Waals surface area contributed by atoms with Gasteiger partial charge >= 0.3 is 5.97 Å². The van der Waals surface area contributed by atoms with E-state index in [1.165, 1.54) is 0 Å². The minimum absolute atomic E-state index is 0.257. The first-order valence-electron chi connectivity index (χ1n) is 9.31. The summed E-state index contributed by atoms with van der Waals surface area (Å²) in [5.41, 5.74) is 0.996. The Balaban J connectivity index is 1.36. The van der Waals surface area contributed by atoms with E-state index in [2.05, 4.69) is 5.32 Å². The van der Waals surface area contributed by atoms with Gasteiger partial charge in [-0.15, -0.1) is 0 Å². The normalized spacial score (nSPS) is 10.4. The van der Waals surface area contributed by atoms with E-state index in [1.54, 1.807) is 13.2 Å². The highest BCUT2D eigenvalue weighted by Crippen LogP contribution is 2.20. The number of carbonyl (C=O) groups excluding carboxylic acids is 2. The van der Waals surface area contributed by atoms with Gasteiger partial charge in [-0.25, -0.2) is 4.79 Å². The lowest BCUT2D eigenvalue weighted by atomic mass is 10.1. The Hall–Kier alpha value is -3.54. The molecule has 6 nitrogen and oxygen atoms in total.